The predicted molar refractivity (Wildman–Crippen MR) is 233 cm³/mol. The zero-order chi connectivity index (χ0) is 40.3. The molecule has 326 valence electrons. The number of carbonyl (C=O) groups excluding carboxylic acids is 3. The molecule has 0 aromatic rings. The van der Waals surface area contributed by atoms with Gasteiger partial charge in [0.2, 0.25) is 0 Å². The van der Waals surface area contributed by atoms with E-state index in [1.54, 1.807) is 0 Å². The largest absolute Gasteiger partial charge is 0.423 e. The lowest BCUT2D eigenvalue weighted by Gasteiger charge is -2.31. The Balaban J connectivity index is 4.75. The second-order valence-corrected chi connectivity index (χ2v) is 16.8. The first-order chi connectivity index (χ1) is 26.9. The smallest absolute Gasteiger partial charge is 0.388 e. The molecule has 55 heavy (non-hydrogen) atoms. The molecule has 0 aliphatic rings. The van der Waals surface area contributed by atoms with Crippen molar-refractivity contribution in [3.05, 3.63) is 0 Å². The summed E-state index contributed by atoms with van der Waals surface area (Å²) in [5, 5.41) is 0. The number of ether oxygens (including phenoxy) is 3. The van der Waals surface area contributed by atoms with Crippen molar-refractivity contribution in [2.75, 3.05) is 0 Å². The van der Waals surface area contributed by atoms with E-state index in [1.807, 2.05) is 6.92 Å². The first-order valence-corrected chi connectivity index (χ1v) is 24.6. The van der Waals surface area contributed by atoms with Crippen LogP contribution in [0.5, 0.6) is 0 Å². The van der Waals surface area contributed by atoms with Gasteiger partial charge < -0.3 is 14.2 Å². The van der Waals surface area contributed by atoms with Crippen LogP contribution in [0.2, 0.25) is 0 Å². The molecule has 0 aliphatic carbocycles. The SMILES string of the molecule is CCCCCCCCCCCCCCC(=O)OC(CCC)(OC(=O)CCCCCCCCCCCCCC)OC(=O)CCCCCCCCCCCCCC. The maximum atomic E-state index is 13.1. The van der Waals surface area contributed by atoms with Crippen molar-refractivity contribution in [3.63, 3.8) is 0 Å². The molecule has 0 amide bonds. The Morgan fingerprint density at radius 2 is 0.455 bits per heavy atom. The Kier molecular flexibility index (Phi) is 40.8. The minimum atomic E-state index is -1.97. The van der Waals surface area contributed by atoms with Gasteiger partial charge in [0.25, 0.3) is 0 Å². The van der Waals surface area contributed by atoms with Gasteiger partial charge in [0.15, 0.2) is 0 Å². The van der Waals surface area contributed by atoms with Crippen LogP contribution in [-0.2, 0) is 28.6 Å². The molecule has 0 rings (SSSR count). The Bertz CT molecular complexity index is 739. The summed E-state index contributed by atoms with van der Waals surface area (Å²) in [6.07, 6.45) is 45.1. The number of hydrogen-bond acceptors (Lipinski definition) is 6. The maximum Gasteiger partial charge on any atom is 0.423 e. The Hall–Kier alpha value is -1.59. The van der Waals surface area contributed by atoms with E-state index >= 15 is 0 Å². The molecule has 0 N–H and O–H groups in total. The third-order valence-electron chi connectivity index (χ3n) is 11.1. The van der Waals surface area contributed by atoms with E-state index in [-0.39, 0.29) is 25.7 Å². The van der Waals surface area contributed by atoms with Gasteiger partial charge in [-0.25, -0.2) is 0 Å². The number of hydrogen-bond donors (Lipinski definition) is 0. The van der Waals surface area contributed by atoms with Crippen molar-refractivity contribution < 1.29 is 28.6 Å². The zero-order valence-corrected chi connectivity index (χ0v) is 37.4. The number of rotatable bonds is 44. The van der Waals surface area contributed by atoms with E-state index < -0.39 is 23.9 Å². The molecule has 0 fully saturated rings. The van der Waals surface area contributed by atoms with Crippen molar-refractivity contribution in [2.45, 2.75) is 297 Å². The minimum absolute atomic E-state index is 0.144. The van der Waals surface area contributed by atoms with E-state index in [0.717, 1.165) is 57.8 Å². The topological polar surface area (TPSA) is 78.9 Å². The Labute approximate surface area is 342 Å². The van der Waals surface area contributed by atoms with Gasteiger partial charge in [0.1, 0.15) is 0 Å². The van der Waals surface area contributed by atoms with Gasteiger partial charge in [-0.05, 0) is 25.7 Å². The average molecular weight is 779 g/mol. The predicted octanol–water partition coefficient (Wildman–Crippen LogP) is 16.3. The summed E-state index contributed by atoms with van der Waals surface area (Å²) in [5.74, 6) is -3.35. The van der Waals surface area contributed by atoms with Crippen molar-refractivity contribution in [1.82, 2.24) is 0 Å². The zero-order valence-electron chi connectivity index (χ0n) is 37.4. The molecule has 0 heterocycles. The lowest BCUT2D eigenvalue weighted by Crippen LogP contribution is -2.44. The van der Waals surface area contributed by atoms with E-state index in [9.17, 15) is 14.4 Å². The van der Waals surface area contributed by atoms with E-state index in [0.29, 0.717) is 6.42 Å². The average Bonchev–Trinajstić information content (AvgIpc) is 3.16. The molecule has 0 bridgehead atoms. The minimum Gasteiger partial charge on any atom is -0.388 e. The van der Waals surface area contributed by atoms with E-state index in [4.69, 9.17) is 14.2 Å². The molecule has 0 atom stereocenters. The molecule has 0 aliphatic heterocycles. The highest BCUT2D eigenvalue weighted by Crippen LogP contribution is 2.27. The van der Waals surface area contributed by atoms with Crippen molar-refractivity contribution in [3.8, 4) is 0 Å². The molecule has 6 nitrogen and oxygen atoms in total. The van der Waals surface area contributed by atoms with Crippen LogP contribution in [0, 0.1) is 0 Å². The van der Waals surface area contributed by atoms with E-state index in [2.05, 4.69) is 20.8 Å². The fraction of sp³-hybridized carbons (Fsp3) is 0.939. The Morgan fingerprint density at radius 3 is 0.636 bits per heavy atom. The number of carbonyl (C=O) groups is 3. The Morgan fingerprint density at radius 1 is 0.273 bits per heavy atom. The van der Waals surface area contributed by atoms with E-state index in [1.165, 1.54) is 173 Å². The fourth-order valence-corrected chi connectivity index (χ4v) is 7.53. The summed E-state index contributed by atoms with van der Waals surface area (Å²) >= 11 is 0. The van der Waals surface area contributed by atoms with Crippen molar-refractivity contribution in [2.24, 2.45) is 0 Å². The monoisotopic (exact) mass is 779 g/mol. The lowest BCUT2D eigenvalue weighted by molar-refractivity contribution is -0.333. The molecule has 0 saturated carbocycles. The van der Waals surface area contributed by atoms with Gasteiger partial charge in [-0.1, -0.05) is 240 Å². The van der Waals surface area contributed by atoms with Gasteiger partial charge in [0, 0.05) is 19.3 Å². The quantitative estimate of drug-likeness (QED) is 0.0348. The molecule has 6 heteroatoms. The molecule has 0 spiro atoms. The van der Waals surface area contributed by atoms with Gasteiger partial charge in [-0.2, -0.15) is 0 Å². The second kappa shape index (κ2) is 42.0. The standard InChI is InChI=1S/C49H94O6/c1-5-9-12-15-18-21-24-27-30-33-36-39-42-46(50)53-49(45-8-4,54-47(51)43-40-37-34-31-28-25-22-19-16-13-10-6-2)55-48(52)44-41-38-35-32-29-26-23-20-17-14-11-7-3/h5-45H2,1-4H3. The van der Waals surface area contributed by atoms with Crippen LogP contribution in [0.15, 0.2) is 0 Å². The summed E-state index contributed by atoms with van der Waals surface area (Å²) in [4.78, 5) is 39.4. The molecule has 0 unspecified atom stereocenters. The summed E-state index contributed by atoms with van der Waals surface area (Å²) in [6.45, 7) is 8.70. The van der Waals surface area contributed by atoms with Crippen LogP contribution in [0.1, 0.15) is 291 Å². The third-order valence-corrected chi connectivity index (χ3v) is 11.1. The normalized spacial score (nSPS) is 11.6. The van der Waals surface area contributed by atoms with Crippen LogP contribution >= 0.6 is 0 Å². The van der Waals surface area contributed by atoms with Crippen LogP contribution in [-0.4, -0.2) is 23.9 Å². The first kappa shape index (κ1) is 53.4. The summed E-state index contributed by atoms with van der Waals surface area (Å²) in [5.41, 5.74) is 0. The highest BCUT2D eigenvalue weighted by molar-refractivity contribution is 5.74. The second-order valence-electron chi connectivity index (χ2n) is 16.8. The fourth-order valence-electron chi connectivity index (χ4n) is 7.53. The summed E-state index contributed by atoms with van der Waals surface area (Å²) in [7, 11) is 0. The molecular formula is C49H94O6. The van der Waals surface area contributed by atoms with Gasteiger partial charge in [-0.15, -0.1) is 0 Å². The van der Waals surface area contributed by atoms with Crippen LogP contribution in [0.4, 0.5) is 0 Å². The van der Waals surface area contributed by atoms with Gasteiger partial charge in [0.05, 0.1) is 6.42 Å². The third kappa shape index (κ3) is 37.7. The highest BCUT2D eigenvalue weighted by atomic mass is 16.9. The van der Waals surface area contributed by atoms with Gasteiger partial charge >= 0.3 is 23.9 Å². The van der Waals surface area contributed by atoms with Crippen molar-refractivity contribution in [1.29, 1.82) is 0 Å². The summed E-state index contributed by atoms with van der Waals surface area (Å²) < 4.78 is 17.5. The van der Waals surface area contributed by atoms with Crippen molar-refractivity contribution >= 4 is 17.9 Å². The number of unbranched alkanes of at least 4 members (excludes halogenated alkanes) is 33. The molecule has 0 saturated heterocycles. The molecule has 0 aromatic heterocycles. The lowest BCUT2D eigenvalue weighted by atomic mass is 10.0. The van der Waals surface area contributed by atoms with Gasteiger partial charge in [-0.3, -0.25) is 14.4 Å². The summed E-state index contributed by atoms with van der Waals surface area (Å²) in [6, 6.07) is 0. The van der Waals surface area contributed by atoms with Crippen LogP contribution < -0.4 is 0 Å². The molecule has 0 radical (unpaired) electrons. The first-order valence-electron chi connectivity index (χ1n) is 24.6. The number of esters is 3. The van der Waals surface area contributed by atoms with Crippen LogP contribution in [0.3, 0.4) is 0 Å². The highest BCUT2D eigenvalue weighted by Gasteiger charge is 2.42. The molecule has 0 aromatic carbocycles. The maximum absolute atomic E-state index is 13.1. The molecular weight excluding hydrogens is 685 g/mol. The van der Waals surface area contributed by atoms with Crippen LogP contribution in [0.25, 0.3) is 0 Å².